The molecule has 1 N–H and O–H groups in total. The Morgan fingerprint density at radius 1 is 1.24 bits per heavy atom. The summed E-state index contributed by atoms with van der Waals surface area (Å²) in [6.45, 7) is 3.91. The van der Waals surface area contributed by atoms with Crippen LogP contribution in [0.2, 0.25) is 0 Å². The van der Waals surface area contributed by atoms with Crippen LogP contribution in [0.1, 0.15) is 19.4 Å². The maximum Gasteiger partial charge on any atom is 0.180 e. The summed E-state index contributed by atoms with van der Waals surface area (Å²) in [5.41, 5.74) is 0.976. The van der Waals surface area contributed by atoms with Crippen LogP contribution in [-0.4, -0.2) is 37.5 Å². The first-order chi connectivity index (χ1) is 7.87. The van der Waals surface area contributed by atoms with Crippen molar-refractivity contribution in [2.45, 2.75) is 30.5 Å². The molecule has 0 spiro atoms. The number of rotatable bonds is 5. The molecule has 4 nitrogen and oxygen atoms in total. The molecule has 0 heterocycles. The quantitative estimate of drug-likeness (QED) is 0.807. The number of aliphatic hydroxyl groups excluding tert-OH is 1. The lowest BCUT2D eigenvalue weighted by Gasteiger charge is -2.13. The SMILES string of the molecule is CC(C)S(=O)(=O)c1ccc(CN(C)CO)cc1. The Morgan fingerprint density at radius 3 is 2.18 bits per heavy atom. The van der Waals surface area contributed by atoms with Crippen LogP contribution in [0.3, 0.4) is 0 Å². The van der Waals surface area contributed by atoms with Crippen molar-refractivity contribution in [2.24, 2.45) is 0 Å². The molecule has 0 aromatic heterocycles. The summed E-state index contributed by atoms with van der Waals surface area (Å²) < 4.78 is 23.7. The molecule has 1 rings (SSSR count). The van der Waals surface area contributed by atoms with E-state index in [-0.39, 0.29) is 6.73 Å². The van der Waals surface area contributed by atoms with Crippen LogP contribution in [0.5, 0.6) is 0 Å². The van der Waals surface area contributed by atoms with Crippen LogP contribution in [0.25, 0.3) is 0 Å². The van der Waals surface area contributed by atoms with Gasteiger partial charge < -0.3 is 5.11 Å². The summed E-state index contributed by atoms with van der Waals surface area (Å²) >= 11 is 0. The fourth-order valence-corrected chi connectivity index (χ4v) is 2.48. The summed E-state index contributed by atoms with van der Waals surface area (Å²) in [4.78, 5) is 2.08. The monoisotopic (exact) mass is 257 g/mol. The van der Waals surface area contributed by atoms with Gasteiger partial charge in [0.05, 0.1) is 16.9 Å². The molecule has 0 amide bonds. The van der Waals surface area contributed by atoms with E-state index in [4.69, 9.17) is 5.11 Å². The molecule has 0 unspecified atom stereocenters. The largest absolute Gasteiger partial charge is 0.381 e. The smallest absolute Gasteiger partial charge is 0.180 e. The minimum Gasteiger partial charge on any atom is -0.381 e. The maximum atomic E-state index is 11.9. The topological polar surface area (TPSA) is 57.6 Å². The van der Waals surface area contributed by atoms with E-state index in [1.54, 1.807) is 50.1 Å². The van der Waals surface area contributed by atoms with E-state index < -0.39 is 15.1 Å². The molecular formula is C12H19NO3S. The van der Waals surface area contributed by atoms with Gasteiger partial charge in [-0.2, -0.15) is 0 Å². The van der Waals surface area contributed by atoms with Crippen LogP contribution in [-0.2, 0) is 16.4 Å². The van der Waals surface area contributed by atoms with Crippen molar-refractivity contribution in [3.05, 3.63) is 29.8 Å². The molecular weight excluding hydrogens is 238 g/mol. The predicted octanol–water partition coefficient (Wildman–Crippen LogP) is 1.25. The maximum absolute atomic E-state index is 11.9. The van der Waals surface area contributed by atoms with E-state index in [1.807, 2.05) is 0 Å². The van der Waals surface area contributed by atoms with Gasteiger partial charge in [-0.15, -0.1) is 0 Å². The van der Waals surface area contributed by atoms with Gasteiger partial charge in [-0.3, -0.25) is 4.90 Å². The van der Waals surface area contributed by atoms with Crippen LogP contribution in [0, 0.1) is 0 Å². The first kappa shape index (κ1) is 14.2. The highest BCUT2D eigenvalue weighted by atomic mass is 32.2. The van der Waals surface area contributed by atoms with Crippen molar-refractivity contribution in [1.29, 1.82) is 0 Å². The summed E-state index contributed by atoms with van der Waals surface area (Å²) in [5, 5.41) is 8.47. The Bertz CT molecular complexity index is 451. The molecule has 0 saturated carbocycles. The number of sulfone groups is 1. The molecule has 17 heavy (non-hydrogen) atoms. The number of benzene rings is 1. The highest BCUT2D eigenvalue weighted by Gasteiger charge is 2.18. The van der Waals surface area contributed by atoms with E-state index in [2.05, 4.69) is 0 Å². The Kier molecular flexibility index (Phi) is 4.68. The number of aliphatic hydroxyl groups is 1. The van der Waals surface area contributed by atoms with Crippen molar-refractivity contribution >= 4 is 9.84 Å². The fourth-order valence-electron chi connectivity index (χ4n) is 1.42. The third-order valence-electron chi connectivity index (χ3n) is 2.57. The average molecular weight is 257 g/mol. The van der Waals surface area contributed by atoms with Gasteiger partial charge in [0, 0.05) is 6.54 Å². The van der Waals surface area contributed by atoms with Crippen molar-refractivity contribution in [3.8, 4) is 0 Å². The Hall–Kier alpha value is -0.910. The minimum absolute atomic E-state index is 0.0218. The molecule has 0 radical (unpaired) electrons. The third-order valence-corrected chi connectivity index (χ3v) is 4.74. The predicted molar refractivity (Wildman–Crippen MR) is 67.3 cm³/mol. The third kappa shape index (κ3) is 3.52. The summed E-state index contributed by atoms with van der Waals surface area (Å²) in [7, 11) is -1.40. The second kappa shape index (κ2) is 5.62. The molecule has 96 valence electrons. The molecule has 0 aliphatic carbocycles. The lowest BCUT2D eigenvalue weighted by atomic mass is 10.2. The molecule has 1 aromatic rings. The van der Waals surface area contributed by atoms with Crippen molar-refractivity contribution in [3.63, 3.8) is 0 Å². The molecule has 0 fully saturated rings. The molecule has 0 atom stereocenters. The fraction of sp³-hybridized carbons (Fsp3) is 0.500. The zero-order chi connectivity index (χ0) is 13.1. The number of hydrogen-bond acceptors (Lipinski definition) is 4. The Morgan fingerprint density at radius 2 is 1.76 bits per heavy atom. The van der Waals surface area contributed by atoms with Crippen LogP contribution < -0.4 is 0 Å². The van der Waals surface area contributed by atoms with Crippen molar-refractivity contribution in [2.75, 3.05) is 13.8 Å². The van der Waals surface area contributed by atoms with Crippen LogP contribution in [0.15, 0.2) is 29.2 Å². The van der Waals surface area contributed by atoms with E-state index in [9.17, 15) is 8.42 Å². The molecule has 0 aliphatic heterocycles. The standard InChI is InChI=1S/C12H19NO3S/c1-10(2)17(15,16)12-6-4-11(5-7-12)8-13(3)9-14/h4-7,10,14H,8-9H2,1-3H3. The molecule has 0 bridgehead atoms. The highest BCUT2D eigenvalue weighted by Crippen LogP contribution is 2.16. The summed E-state index contributed by atoms with van der Waals surface area (Å²) in [6, 6.07) is 6.80. The highest BCUT2D eigenvalue weighted by molar-refractivity contribution is 7.92. The molecule has 1 aromatic carbocycles. The van der Waals surface area contributed by atoms with Gasteiger partial charge in [0.25, 0.3) is 0 Å². The molecule has 0 aliphatic rings. The Balaban J connectivity index is 2.89. The van der Waals surface area contributed by atoms with E-state index in [0.717, 1.165) is 5.56 Å². The second-order valence-electron chi connectivity index (χ2n) is 4.39. The normalized spacial score (nSPS) is 12.4. The van der Waals surface area contributed by atoms with E-state index in [1.165, 1.54) is 0 Å². The van der Waals surface area contributed by atoms with E-state index >= 15 is 0 Å². The zero-order valence-corrected chi connectivity index (χ0v) is 11.2. The van der Waals surface area contributed by atoms with Gasteiger partial charge in [-0.25, -0.2) is 8.42 Å². The summed E-state index contributed by atoms with van der Waals surface area (Å²) in [5.74, 6) is 0. The van der Waals surface area contributed by atoms with Crippen LogP contribution >= 0.6 is 0 Å². The van der Waals surface area contributed by atoms with Gasteiger partial charge in [-0.05, 0) is 38.6 Å². The first-order valence-corrected chi connectivity index (χ1v) is 7.04. The second-order valence-corrected chi connectivity index (χ2v) is 6.90. The molecule has 0 saturated heterocycles. The van der Waals surface area contributed by atoms with Gasteiger partial charge in [0.2, 0.25) is 0 Å². The molecule has 5 heteroatoms. The minimum atomic E-state index is -3.19. The first-order valence-electron chi connectivity index (χ1n) is 5.50. The number of hydrogen-bond donors (Lipinski definition) is 1. The zero-order valence-electron chi connectivity index (χ0n) is 10.4. The van der Waals surface area contributed by atoms with Gasteiger partial charge >= 0.3 is 0 Å². The van der Waals surface area contributed by atoms with Gasteiger partial charge in [-0.1, -0.05) is 12.1 Å². The van der Waals surface area contributed by atoms with Crippen molar-refractivity contribution < 1.29 is 13.5 Å². The lowest BCUT2D eigenvalue weighted by molar-refractivity contribution is 0.127. The van der Waals surface area contributed by atoms with Gasteiger partial charge in [0.15, 0.2) is 9.84 Å². The lowest BCUT2D eigenvalue weighted by Crippen LogP contribution is -2.18. The van der Waals surface area contributed by atoms with Gasteiger partial charge in [0.1, 0.15) is 0 Å². The Labute approximate surface area is 103 Å². The average Bonchev–Trinajstić information content (AvgIpc) is 2.29. The summed E-state index contributed by atoms with van der Waals surface area (Å²) in [6.07, 6.45) is 0. The number of nitrogens with zero attached hydrogens (tertiary/aromatic N) is 1. The van der Waals surface area contributed by atoms with E-state index in [0.29, 0.717) is 11.4 Å². The van der Waals surface area contributed by atoms with Crippen LogP contribution in [0.4, 0.5) is 0 Å². The van der Waals surface area contributed by atoms with Crippen molar-refractivity contribution in [1.82, 2.24) is 4.90 Å².